The molecule has 116 valence electrons. The van der Waals surface area contributed by atoms with Crippen molar-refractivity contribution in [2.24, 2.45) is 5.41 Å². The van der Waals surface area contributed by atoms with Crippen molar-refractivity contribution in [2.45, 2.75) is 33.1 Å². The van der Waals surface area contributed by atoms with Crippen LogP contribution in [-0.4, -0.2) is 23.5 Å². The van der Waals surface area contributed by atoms with Crippen LogP contribution in [0.4, 0.5) is 4.39 Å². The van der Waals surface area contributed by atoms with Gasteiger partial charge >= 0.3 is 5.97 Å². The second-order valence-corrected chi connectivity index (χ2v) is 6.56. The molecule has 0 heterocycles. The van der Waals surface area contributed by atoms with Crippen LogP contribution < -0.4 is 5.32 Å². The Labute approximate surface area is 128 Å². The summed E-state index contributed by atoms with van der Waals surface area (Å²) in [6.45, 7) is 6.11. The molecule has 0 radical (unpaired) electrons. The van der Waals surface area contributed by atoms with Crippen molar-refractivity contribution in [1.82, 2.24) is 5.32 Å². The minimum atomic E-state index is -1.14. The molecule has 0 bridgehead atoms. The minimum Gasteiger partial charge on any atom is -0.481 e. The van der Waals surface area contributed by atoms with Gasteiger partial charge in [-0.15, -0.1) is 0 Å². The number of carboxylic acid groups (broad SMARTS) is 1. The molecule has 0 aliphatic heterocycles. The number of carbonyl (C=O) groups is 2. The topological polar surface area (TPSA) is 66.4 Å². The summed E-state index contributed by atoms with van der Waals surface area (Å²) in [4.78, 5) is 23.3. The van der Waals surface area contributed by atoms with Gasteiger partial charge in [-0.25, -0.2) is 4.39 Å². The number of benzene rings is 1. The third kappa shape index (κ3) is 3.94. The molecule has 0 saturated carbocycles. The Kier molecular flexibility index (Phi) is 4.99. The number of carboxylic acids is 1. The van der Waals surface area contributed by atoms with Gasteiger partial charge in [0.15, 0.2) is 0 Å². The predicted molar refractivity (Wildman–Crippen MR) is 78.9 cm³/mol. The van der Waals surface area contributed by atoms with Crippen molar-refractivity contribution in [1.29, 1.82) is 0 Å². The SMILES string of the molecule is CC(C)(CNC(=O)C(C)(C)c1ccc(Cl)cc1F)C(=O)O. The molecule has 0 spiro atoms. The molecule has 6 heteroatoms. The standard InChI is InChI=1S/C15H19ClFNO3/c1-14(2,13(20)21)8-18-12(19)15(3,4)10-6-5-9(16)7-11(10)17/h5-7H,8H2,1-4H3,(H,18,19)(H,20,21). The van der Waals surface area contributed by atoms with E-state index in [1.807, 2.05) is 0 Å². The number of carbonyl (C=O) groups excluding carboxylic acids is 1. The van der Waals surface area contributed by atoms with Crippen LogP contribution in [0, 0.1) is 11.2 Å². The van der Waals surface area contributed by atoms with Crippen LogP contribution in [0.15, 0.2) is 18.2 Å². The average molecular weight is 316 g/mol. The van der Waals surface area contributed by atoms with E-state index >= 15 is 0 Å². The van der Waals surface area contributed by atoms with Gasteiger partial charge in [0, 0.05) is 17.1 Å². The summed E-state index contributed by atoms with van der Waals surface area (Å²) >= 11 is 5.70. The van der Waals surface area contributed by atoms with E-state index in [0.717, 1.165) is 6.07 Å². The Morgan fingerprint density at radius 2 is 1.86 bits per heavy atom. The molecule has 1 aromatic carbocycles. The van der Waals surface area contributed by atoms with Crippen LogP contribution in [0.2, 0.25) is 5.02 Å². The molecule has 4 nitrogen and oxygen atoms in total. The van der Waals surface area contributed by atoms with Gasteiger partial charge in [0.2, 0.25) is 5.91 Å². The van der Waals surface area contributed by atoms with Crippen molar-refractivity contribution in [3.8, 4) is 0 Å². The van der Waals surface area contributed by atoms with E-state index in [4.69, 9.17) is 16.7 Å². The fourth-order valence-corrected chi connectivity index (χ4v) is 1.88. The third-order valence-corrected chi connectivity index (χ3v) is 3.68. The lowest BCUT2D eigenvalue weighted by atomic mass is 9.82. The van der Waals surface area contributed by atoms with Crippen molar-refractivity contribution in [3.05, 3.63) is 34.6 Å². The Hall–Kier alpha value is -1.62. The molecule has 1 amide bonds. The zero-order valence-electron chi connectivity index (χ0n) is 12.5. The first-order valence-corrected chi connectivity index (χ1v) is 6.83. The van der Waals surface area contributed by atoms with Crippen LogP contribution in [0.1, 0.15) is 33.3 Å². The van der Waals surface area contributed by atoms with Crippen molar-refractivity contribution in [2.75, 3.05) is 6.54 Å². The largest absolute Gasteiger partial charge is 0.481 e. The molecule has 21 heavy (non-hydrogen) atoms. The highest BCUT2D eigenvalue weighted by atomic mass is 35.5. The van der Waals surface area contributed by atoms with Gasteiger partial charge < -0.3 is 10.4 Å². The van der Waals surface area contributed by atoms with Crippen LogP contribution >= 0.6 is 11.6 Å². The van der Waals surface area contributed by atoms with Gasteiger partial charge in [0.05, 0.1) is 10.8 Å². The highest BCUT2D eigenvalue weighted by molar-refractivity contribution is 6.30. The monoisotopic (exact) mass is 315 g/mol. The van der Waals surface area contributed by atoms with Crippen LogP contribution in [0.5, 0.6) is 0 Å². The first-order valence-electron chi connectivity index (χ1n) is 6.45. The average Bonchev–Trinajstić information content (AvgIpc) is 2.35. The van der Waals surface area contributed by atoms with E-state index in [9.17, 15) is 14.0 Å². The third-order valence-electron chi connectivity index (χ3n) is 3.44. The van der Waals surface area contributed by atoms with Gasteiger partial charge in [0.1, 0.15) is 5.82 Å². The van der Waals surface area contributed by atoms with Crippen molar-refractivity contribution >= 4 is 23.5 Å². The molecule has 1 aromatic rings. The first kappa shape index (κ1) is 17.4. The number of aliphatic carboxylic acids is 1. The highest BCUT2D eigenvalue weighted by Gasteiger charge is 2.35. The lowest BCUT2D eigenvalue weighted by Gasteiger charge is -2.27. The Morgan fingerprint density at radius 3 is 2.33 bits per heavy atom. The summed E-state index contributed by atoms with van der Waals surface area (Å²) in [5.41, 5.74) is -2.02. The number of amides is 1. The summed E-state index contributed by atoms with van der Waals surface area (Å²) in [7, 11) is 0. The molecule has 0 unspecified atom stereocenters. The molecule has 0 atom stereocenters. The number of hydrogen-bond acceptors (Lipinski definition) is 2. The summed E-state index contributed by atoms with van der Waals surface area (Å²) < 4.78 is 14.0. The quantitative estimate of drug-likeness (QED) is 0.878. The zero-order valence-corrected chi connectivity index (χ0v) is 13.2. The minimum absolute atomic E-state index is 0.0419. The van der Waals surface area contributed by atoms with Crippen LogP contribution in [0.3, 0.4) is 0 Å². The smallest absolute Gasteiger partial charge is 0.310 e. The number of rotatable bonds is 5. The predicted octanol–water partition coefficient (Wildman–Crippen LogP) is 2.98. The Morgan fingerprint density at radius 1 is 1.29 bits per heavy atom. The molecule has 0 aliphatic carbocycles. The van der Waals surface area contributed by atoms with E-state index in [-0.39, 0.29) is 17.1 Å². The molecule has 0 aliphatic rings. The second-order valence-electron chi connectivity index (χ2n) is 6.12. The van der Waals surface area contributed by atoms with Crippen LogP contribution in [0.25, 0.3) is 0 Å². The molecular weight excluding hydrogens is 297 g/mol. The molecule has 0 aromatic heterocycles. The van der Waals surface area contributed by atoms with Gasteiger partial charge in [-0.1, -0.05) is 17.7 Å². The molecule has 0 fully saturated rings. The van der Waals surface area contributed by atoms with E-state index in [1.165, 1.54) is 26.0 Å². The zero-order chi connectivity index (χ0) is 16.4. The maximum Gasteiger partial charge on any atom is 0.310 e. The first-order chi connectivity index (χ1) is 9.48. The second kappa shape index (κ2) is 6.02. The van der Waals surface area contributed by atoms with Crippen LogP contribution in [-0.2, 0) is 15.0 Å². The summed E-state index contributed by atoms with van der Waals surface area (Å²) in [6.07, 6.45) is 0. The van der Waals surface area contributed by atoms with Gasteiger partial charge in [-0.2, -0.15) is 0 Å². The lowest BCUT2D eigenvalue weighted by molar-refractivity contribution is -0.147. The molecule has 2 N–H and O–H groups in total. The van der Waals surface area contributed by atoms with Crippen molar-refractivity contribution in [3.63, 3.8) is 0 Å². The summed E-state index contributed by atoms with van der Waals surface area (Å²) in [6, 6.07) is 4.11. The van der Waals surface area contributed by atoms with E-state index in [2.05, 4.69) is 5.32 Å². The van der Waals surface area contributed by atoms with E-state index in [1.54, 1.807) is 13.8 Å². The van der Waals surface area contributed by atoms with Gasteiger partial charge in [-0.05, 0) is 39.8 Å². The van der Waals surface area contributed by atoms with E-state index in [0.29, 0.717) is 0 Å². The maximum absolute atomic E-state index is 14.0. The van der Waals surface area contributed by atoms with Crippen molar-refractivity contribution < 1.29 is 19.1 Å². The normalized spacial score (nSPS) is 12.1. The molecule has 0 saturated heterocycles. The lowest BCUT2D eigenvalue weighted by Crippen LogP contribution is -2.46. The Balaban J connectivity index is 2.92. The fourth-order valence-electron chi connectivity index (χ4n) is 1.72. The molecule has 1 rings (SSSR count). The number of hydrogen-bond donors (Lipinski definition) is 2. The number of nitrogens with one attached hydrogen (secondary N) is 1. The maximum atomic E-state index is 14.0. The fraction of sp³-hybridized carbons (Fsp3) is 0.467. The molecular formula is C15H19ClFNO3. The van der Waals surface area contributed by atoms with E-state index < -0.39 is 28.5 Å². The number of halogens is 2. The van der Waals surface area contributed by atoms with Gasteiger partial charge in [0.25, 0.3) is 0 Å². The summed E-state index contributed by atoms with van der Waals surface area (Å²) in [5, 5.41) is 11.8. The summed E-state index contributed by atoms with van der Waals surface area (Å²) in [5.74, 6) is -2.03. The Bertz CT molecular complexity index is 570. The van der Waals surface area contributed by atoms with Gasteiger partial charge in [-0.3, -0.25) is 9.59 Å². The highest BCUT2D eigenvalue weighted by Crippen LogP contribution is 2.28.